The van der Waals surface area contributed by atoms with Gasteiger partial charge in [-0.2, -0.15) is 0 Å². The number of ether oxygens (including phenoxy) is 1. The SMILES string of the molecule is CC(C)C1CCC2(CC1)CCN(C(C)C)CC2.CC(C)C1CCCN(C(C)C)CC1.CC(C)C1CCN(C(C)C)CC1.CC(C)C1CCN(C(C)C)CC1.CC(C)C1CN(C(C)C)C1.CC(C)C1CN(C(C)C)C1.CC(C)N1CC2(C1)CN(C(C)C)C2.CC(C)N1CCC2(CC1)COC2.CC(C)N1CCCN(C(C)C)CC1.CC(C)N1CCN(C(C)C)CC1. The first-order valence-corrected chi connectivity index (χ1v) is 54.2. The van der Waals surface area contributed by atoms with Crippen LogP contribution in [0.25, 0.3) is 0 Å². The zero-order chi connectivity index (χ0) is 93.3. The Balaban J connectivity index is 0.000000290. The topological polar surface area (TPSA) is 51.4 Å². The smallest absolute Gasteiger partial charge is 0.0545 e. The fraction of sp³-hybridized carbons (Fsp3) is 1.00. The zero-order valence-corrected chi connectivity index (χ0v) is 91.3. The predicted molar refractivity (Wildman–Crippen MR) is 549 cm³/mol. The molecule has 12 heterocycles. The lowest BCUT2D eigenvalue weighted by Gasteiger charge is -2.62. The van der Waals surface area contributed by atoms with Crippen LogP contribution in [0.2, 0.25) is 0 Å². The van der Waals surface area contributed by atoms with Crippen molar-refractivity contribution in [3.8, 4) is 0 Å². The summed E-state index contributed by atoms with van der Waals surface area (Å²) in [6, 6.07) is 9.60. The fourth-order valence-corrected chi connectivity index (χ4v) is 21.8. The Labute approximate surface area is 778 Å². The van der Waals surface area contributed by atoms with Crippen LogP contribution in [0, 0.1) is 87.3 Å². The van der Waals surface area contributed by atoms with Crippen molar-refractivity contribution in [1.29, 1.82) is 0 Å². The number of hydrogen-bond acceptors (Lipinski definition) is 14. The quantitative estimate of drug-likeness (QED) is 0.123. The van der Waals surface area contributed by atoms with Gasteiger partial charge in [-0.3, -0.25) is 29.4 Å². The van der Waals surface area contributed by atoms with E-state index in [0.29, 0.717) is 22.9 Å². The van der Waals surface area contributed by atoms with Crippen LogP contribution in [0.5, 0.6) is 0 Å². The monoisotopic (exact) mass is 1750 g/mol. The summed E-state index contributed by atoms with van der Waals surface area (Å²) in [6.45, 7) is 124. The second-order valence-corrected chi connectivity index (χ2v) is 48.8. The van der Waals surface area contributed by atoms with E-state index in [1.807, 2.05) is 0 Å². The highest BCUT2D eigenvalue weighted by Crippen LogP contribution is 2.48. The molecule has 12 aliphatic heterocycles. The van der Waals surface area contributed by atoms with Crippen molar-refractivity contribution in [3.63, 3.8) is 0 Å². The number of rotatable bonds is 19. The Morgan fingerprint density at radius 2 is 0.371 bits per heavy atom. The molecule has 738 valence electrons. The van der Waals surface area contributed by atoms with Crippen molar-refractivity contribution in [2.75, 3.05) is 183 Å². The van der Waals surface area contributed by atoms with Crippen molar-refractivity contribution in [2.24, 2.45) is 87.3 Å². The molecule has 0 bridgehead atoms. The first kappa shape index (κ1) is 116. The molecule has 124 heavy (non-hydrogen) atoms. The van der Waals surface area contributed by atoms with E-state index < -0.39 is 0 Å². The van der Waals surface area contributed by atoms with Gasteiger partial charge < -0.3 is 39.0 Å². The maximum atomic E-state index is 5.29. The third-order valence-corrected chi connectivity index (χ3v) is 33.7. The first-order valence-electron chi connectivity index (χ1n) is 54.2. The molecule has 13 rings (SSSR count). The Morgan fingerprint density at radius 1 is 0.169 bits per heavy atom. The van der Waals surface area contributed by atoms with Crippen LogP contribution < -0.4 is 0 Å². The molecule has 14 nitrogen and oxygen atoms in total. The van der Waals surface area contributed by atoms with E-state index in [2.05, 4.69) is 327 Å². The van der Waals surface area contributed by atoms with Gasteiger partial charge in [0.1, 0.15) is 0 Å². The third kappa shape index (κ3) is 40.9. The number of hydrogen-bond donors (Lipinski definition) is 0. The first-order chi connectivity index (χ1) is 58.0. The van der Waals surface area contributed by atoms with Gasteiger partial charge in [0, 0.05) is 181 Å². The minimum atomic E-state index is 0.603. The maximum Gasteiger partial charge on any atom is 0.0545 e. The van der Waals surface area contributed by atoms with Crippen molar-refractivity contribution in [1.82, 2.24) is 63.7 Å². The van der Waals surface area contributed by atoms with Crippen LogP contribution in [0.3, 0.4) is 0 Å². The molecule has 3 spiro atoms. The standard InChI is InChI=1S/C16H31N.C12H25N.C11H22N2.C11H24N2.2C11H23N.C10H22N2.C10H19NO.2C9H19N/c1-13(2)15-5-7-16(8-6-15)9-11-17(12-10-16)14(3)4;1-10(2)12-6-5-8-13(9-7-12)11(3)4;1-9(2)12-5-11(6-12)7-13(8-11)10(3)4;1-10(2)12-6-5-7-13(9-8-12)11(3)4;3*1-9(2)11-5-7-12(8-6-11)10(3)4;1-9(2)11-5-3-10(4-6-11)7-12-8-10;2*1-7(2)9-5-10(6-9)8(3)4/h13-15H,5-12H2,1-4H3;10-12H,5-9H2,1-4H3;9-10H,5-8H2,1-4H3;10-11H,5-9H2,1-4H3;2*9-11H,5-8H2,1-4H3;9-10H,5-8H2,1-4H3;9H,3-8H2,1-2H3;2*7-9H,5-6H2,1-4H3. The highest BCUT2D eigenvalue weighted by Gasteiger charge is 2.52. The van der Waals surface area contributed by atoms with Gasteiger partial charge in [0.15, 0.2) is 0 Å². The normalized spacial score (nSPS) is 24.8. The van der Waals surface area contributed by atoms with Gasteiger partial charge in [-0.25, -0.2) is 0 Å². The van der Waals surface area contributed by atoms with E-state index in [1.165, 1.54) is 273 Å². The van der Waals surface area contributed by atoms with Crippen LogP contribution in [-0.4, -0.2) is 326 Å². The van der Waals surface area contributed by atoms with E-state index in [-0.39, 0.29) is 0 Å². The maximum absolute atomic E-state index is 5.29. The Morgan fingerprint density at radius 3 is 0.605 bits per heavy atom. The van der Waals surface area contributed by atoms with E-state index in [4.69, 9.17) is 4.74 Å². The van der Waals surface area contributed by atoms with Gasteiger partial charge in [0.25, 0.3) is 0 Å². The largest absolute Gasteiger partial charge is 0.380 e. The Hall–Kier alpha value is -0.560. The van der Waals surface area contributed by atoms with Crippen molar-refractivity contribution in [3.05, 3.63) is 0 Å². The van der Waals surface area contributed by atoms with Gasteiger partial charge >= 0.3 is 0 Å². The van der Waals surface area contributed by atoms with Gasteiger partial charge in [-0.15, -0.1) is 0 Å². The van der Waals surface area contributed by atoms with Crippen molar-refractivity contribution in [2.45, 2.75) is 444 Å². The second-order valence-electron chi connectivity index (χ2n) is 48.8. The van der Waals surface area contributed by atoms with E-state index in [1.54, 1.807) is 0 Å². The molecule has 0 radical (unpaired) electrons. The zero-order valence-electron chi connectivity index (χ0n) is 91.3. The van der Waals surface area contributed by atoms with Crippen LogP contribution in [0.15, 0.2) is 0 Å². The summed E-state index contributed by atoms with van der Waals surface area (Å²) in [5.74, 6) is 11.2. The summed E-state index contributed by atoms with van der Waals surface area (Å²) in [7, 11) is 0. The average molecular weight is 1750 g/mol. The van der Waals surface area contributed by atoms with Gasteiger partial charge in [0.05, 0.1) is 13.2 Å². The molecule has 1 unspecified atom stereocenters. The molecule has 0 aromatic carbocycles. The molecule has 1 saturated carbocycles. The summed E-state index contributed by atoms with van der Waals surface area (Å²) >= 11 is 0. The molecule has 0 aromatic rings. The summed E-state index contributed by atoms with van der Waals surface area (Å²) in [5, 5.41) is 0. The molecule has 12 saturated heterocycles. The minimum Gasteiger partial charge on any atom is -0.380 e. The molecular formula is C110H227N13O. The minimum absolute atomic E-state index is 0.603. The lowest BCUT2D eigenvalue weighted by atomic mass is 9.64. The van der Waals surface area contributed by atoms with Gasteiger partial charge in [-0.05, 0) is 438 Å². The number of piperazine rings is 1. The number of likely N-dealkylation sites (tertiary alicyclic amines) is 9. The van der Waals surface area contributed by atoms with E-state index in [9.17, 15) is 0 Å². The van der Waals surface area contributed by atoms with Gasteiger partial charge in [0.2, 0.25) is 0 Å². The number of piperidine rings is 4. The molecule has 0 N–H and O–H groups in total. The summed E-state index contributed by atoms with van der Waals surface area (Å²) in [4.78, 5) is 33.6. The van der Waals surface area contributed by atoms with Crippen molar-refractivity contribution >= 4 is 0 Å². The molecule has 13 aliphatic rings. The third-order valence-electron chi connectivity index (χ3n) is 33.7. The van der Waals surface area contributed by atoms with Crippen LogP contribution in [0.4, 0.5) is 0 Å². The predicted octanol–water partition coefficient (Wildman–Crippen LogP) is 23.1. The lowest BCUT2D eigenvalue weighted by molar-refractivity contribution is -0.141. The second kappa shape index (κ2) is 58.0. The Kier molecular flexibility index (Phi) is 54.1. The fourth-order valence-electron chi connectivity index (χ4n) is 21.8. The molecule has 1 atom stereocenters. The van der Waals surface area contributed by atoms with E-state index in [0.717, 1.165) is 156 Å². The molecular weight excluding hydrogens is 1520 g/mol. The molecule has 0 aromatic heterocycles. The molecule has 14 heteroatoms. The summed E-state index contributed by atoms with van der Waals surface area (Å²) in [5.41, 5.74) is 2.05. The van der Waals surface area contributed by atoms with Gasteiger partial charge in [-0.1, -0.05) is 83.1 Å². The molecule has 13 fully saturated rings. The highest BCUT2D eigenvalue weighted by molar-refractivity contribution is 5.07. The lowest BCUT2D eigenvalue weighted by Crippen LogP contribution is -2.73. The summed E-state index contributed by atoms with van der Waals surface area (Å²) in [6.07, 6.45) is 22.9. The van der Waals surface area contributed by atoms with Crippen LogP contribution in [0.1, 0.15) is 366 Å². The summed E-state index contributed by atoms with van der Waals surface area (Å²) < 4.78 is 5.29. The van der Waals surface area contributed by atoms with Crippen LogP contribution >= 0.6 is 0 Å². The molecule has 1 aliphatic carbocycles. The Bertz CT molecular complexity index is 2290. The van der Waals surface area contributed by atoms with E-state index >= 15 is 0 Å². The van der Waals surface area contributed by atoms with Crippen molar-refractivity contribution < 1.29 is 4.74 Å². The average Bonchev–Trinajstić information content (AvgIpc) is 0.754. The highest BCUT2D eigenvalue weighted by atomic mass is 16.5. The molecule has 0 amide bonds. The van der Waals surface area contributed by atoms with Crippen LogP contribution in [-0.2, 0) is 4.74 Å². The number of nitrogens with zero attached hydrogens (tertiary/aromatic N) is 13.